The number of aliphatic hydroxyl groups is 1. The summed E-state index contributed by atoms with van der Waals surface area (Å²) in [5.74, 6) is 1.35. The lowest BCUT2D eigenvalue weighted by atomic mass is 10.1. The number of nitrogens with zero attached hydrogens (tertiary/aromatic N) is 2. The number of aromatic nitrogens is 1. The number of aliphatic hydroxyl groups excluding tert-OH is 1. The minimum atomic E-state index is -0.285. The van der Waals surface area contributed by atoms with E-state index in [0.29, 0.717) is 44.7 Å². The smallest absolute Gasteiger partial charge is 0.223 e. The number of benzene rings is 2. The molecule has 1 aliphatic rings. The summed E-state index contributed by atoms with van der Waals surface area (Å²) in [6.07, 6.45) is 5.71. The fourth-order valence-electron chi connectivity index (χ4n) is 3.66. The van der Waals surface area contributed by atoms with Gasteiger partial charge in [0, 0.05) is 37.6 Å². The van der Waals surface area contributed by atoms with Crippen molar-refractivity contribution in [2.24, 2.45) is 0 Å². The van der Waals surface area contributed by atoms with Crippen LogP contribution < -0.4 is 0 Å². The maximum absolute atomic E-state index is 12.6. The maximum Gasteiger partial charge on any atom is 0.223 e. The normalized spacial score (nSPS) is 15.0. The SMILES string of the molecule is O=C(CCc1oc(/C=C/c2ccccc2)nc1-c1ccccc1)N1CCC(O)CC1. The van der Waals surface area contributed by atoms with Gasteiger partial charge in [-0.3, -0.25) is 4.79 Å². The number of piperidine rings is 1. The van der Waals surface area contributed by atoms with Crippen LogP contribution in [0.4, 0.5) is 0 Å². The van der Waals surface area contributed by atoms with Crippen LogP contribution in [0.5, 0.6) is 0 Å². The largest absolute Gasteiger partial charge is 0.441 e. The predicted molar refractivity (Wildman–Crippen MR) is 117 cm³/mol. The molecule has 30 heavy (non-hydrogen) atoms. The summed E-state index contributed by atoms with van der Waals surface area (Å²) in [4.78, 5) is 19.1. The van der Waals surface area contributed by atoms with Gasteiger partial charge in [-0.1, -0.05) is 60.7 Å². The highest BCUT2D eigenvalue weighted by Gasteiger charge is 2.22. The van der Waals surface area contributed by atoms with Crippen LogP contribution in [0.2, 0.25) is 0 Å². The van der Waals surface area contributed by atoms with Crippen LogP contribution in [0.3, 0.4) is 0 Å². The van der Waals surface area contributed by atoms with Crippen molar-refractivity contribution in [2.75, 3.05) is 13.1 Å². The molecular formula is C25H26N2O3. The average Bonchev–Trinajstić information content (AvgIpc) is 3.21. The molecular weight excluding hydrogens is 376 g/mol. The molecule has 154 valence electrons. The molecule has 5 heteroatoms. The zero-order valence-electron chi connectivity index (χ0n) is 16.9. The van der Waals surface area contributed by atoms with Crippen molar-refractivity contribution in [1.82, 2.24) is 9.88 Å². The molecule has 3 aromatic rings. The Morgan fingerprint density at radius 3 is 2.40 bits per heavy atom. The van der Waals surface area contributed by atoms with Gasteiger partial charge in [0.05, 0.1) is 6.10 Å². The minimum Gasteiger partial charge on any atom is -0.441 e. The van der Waals surface area contributed by atoms with Gasteiger partial charge in [0.2, 0.25) is 11.8 Å². The Hall–Kier alpha value is -3.18. The zero-order valence-corrected chi connectivity index (χ0v) is 16.9. The first-order valence-electron chi connectivity index (χ1n) is 10.4. The molecule has 1 fully saturated rings. The number of aryl methyl sites for hydroxylation is 1. The van der Waals surface area contributed by atoms with Crippen molar-refractivity contribution in [3.63, 3.8) is 0 Å². The van der Waals surface area contributed by atoms with Crippen molar-refractivity contribution < 1.29 is 14.3 Å². The summed E-state index contributed by atoms with van der Waals surface area (Å²) in [7, 11) is 0. The Balaban J connectivity index is 1.51. The van der Waals surface area contributed by atoms with Gasteiger partial charge >= 0.3 is 0 Å². The molecule has 0 radical (unpaired) electrons. The molecule has 0 saturated carbocycles. The molecule has 0 spiro atoms. The Labute approximate surface area is 176 Å². The number of amides is 1. The summed E-state index contributed by atoms with van der Waals surface area (Å²) in [5.41, 5.74) is 2.83. The van der Waals surface area contributed by atoms with E-state index in [9.17, 15) is 9.90 Å². The fraction of sp³-hybridized carbons (Fsp3) is 0.280. The van der Waals surface area contributed by atoms with Crippen molar-refractivity contribution in [3.8, 4) is 11.3 Å². The lowest BCUT2D eigenvalue weighted by Gasteiger charge is -2.29. The molecule has 0 atom stereocenters. The molecule has 2 aromatic carbocycles. The van der Waals surface area contributed by atoms with Crippen LogP contribution in [0.15, 0.2) is 65.1 Å². The lowest BCUT2D eigenvalue weighted by Crippen LogP contribution is -2.40. The second-order valence-corrected chi connectivity index (χ2v) is 7.55. The van der Waals surface area contributed by atoms with Crippen LogP contribution in [0.1, 0.15) is 36.5 Å². The second kappa shape index (κ2) is 9.55. The predicted octanol–water partition coefficient (Wildman–Crippen LogP) is 4.43. The number of likely N-dealkylation sites (tertiary alicyclic amines) is 1. The molecule has 1 saturated heterocycles. The quantitative estimate of drug-likeness (QED) is 0.662. The van der Waals surface area contributed by atoms with E-state index < -0.39 is 0 Å². The molecule has 1 amide bonds. The average molecular weight is 402 g/mol. The number of rotatable bonds is 6. The minimum absolute atomic E-state index is 0.0960. The number of carbonyl (C=O) groups excluding carboxylic acids is 1. The first-order valence-corrected chi connectivity index (χ1v) is 10.4. The van der Waals surface area contributed by atoms with Crippen LogP contribution >= 0.6 is 0 Å². The second-order valence-electron chi connectivity index (χ2n) is 7.55. The first-order chi connectivity index (χ1) is 14.7. The number of oxazole rings is 1. The molecule has 5 nitrogen and oxygen atoms in total. The standard InChI is InChI=1S/C25H26N2O3/c28-21-15-17-27(18-16-21)24(29)14-12-22-25(20-9-5-2-6-10-20)26-23(30-22)13-11-19-7-3-1-4-8-19/h1-11,13,21,28H,12,14-18H2/b13-11+. The van der Waals surface area contributed by atoms with Gasteiger partial charge in [-0.25, -0.2) is 4.98 Å². The third kappa shape index (κ3) is 5.05. The zero-order chi connectivity index (χ0) is 20.8. The summed E-state index contributed by atoms with van der Waals surface area (Å²) in [6, 6.07) is 19.9. The molecule has 0 aliphatic carbocycles. The van der Waals surface area contributed by atoms with Crippen molar-refractivity contribution in [2.45, 2.75) is 31.8 Å². The van der Waals surface area contributed by atoms with Crippen molar-refractivity contribution in [1.29, 1.82) is 0 Å². The Kier molecular flexibility index (Phi) is 6.40. The molecule has 1 N–H and O–H groups in total. The third-order valence-corrected chi connectivity index (χ3v) is 5.36. The number of hydrogen-bond acceptors (Lipinski definition) is 4. The summed E-state index contributed by atoms with van der Waals surface area (Å²) >= 11 is 0. The van der Waals surface area contributed by atoms with Gasteiger partial charge in [0.15, 0.2) is 0 Å². The molecule has 0 bridgehead atoms. The molecule has 1 aliphatic heterocycles. The Morgan fingerprint density at radius 2 is 1.70 bits per heavy atom. The summed E-state index contributed by atoms with van der Waals surface area (Å²) in [6.45, 7) is 1.24. The van der Waals surface area contributed by atoms with E-state index in [0.717, 1.165) is 22.6 Å². The van der Waals surface area contributed by atoms with Crippen LogP contribution in [-0.4, -0.2) is 40.1 Å². The van der Waals surface area contributed by atoms with Crippen LogP contribution in [-0.2, 0) is 11.2 Å². The van der Waals surface area contributed by atoms with E-state index in [4.69, 9.17) is 4.42 Å². The van der Waals surface area contributed by atoms with Gasteiger partial charge in [-0.15, -0.1) is 0 Å². The Bertz CT molecular complexity index is 988. The van der Waals surface area contributed by atoms with Gasteiger partial charge in [0.1, 0.15) is 11.5 Å². The molecule has 0 unspecified atom stereocenters. The highest BCUT2D eigenvalue weighted by atomic mass is 16.4. The van der Waals surface area contributed by atoms with E-state index in [1.165, 1.54) is 0 Å². The van der Waals surface area contributed by atoms with E-state index in [2.05, 4.69) is 4.98 Å². The van der Waals surface area contributed by atoms with Gasteiger partial charge in [0.25, 0.3) is 0 Å². The van der Waals surface area contributed by atoms with E-state index in [-0.39, 0.29) is 12.0 Å². The van der Waals surface area contributed by atoms with Gasteiger partial charge < -0.3 is 14.4 Å². The monoisotopic (exact) mass is 402 g/mol. The van der Waals surface area contributed by atoms with Gasteiger partial charge in [-0.2, -0.15) is 0 Å². The lowest BCUT2D eigenvalue weighted by molar-refractivity contribution is -0.133. The van der Waals surface area contributed by atoms with Crippen molar-refractivity contribution in [3.05, 3.63) is 77.9 Å². The first kappa shape index (κ1) is 20.1. The van der Waals surface area contributed by atoms with Gasteiger partial charge in [-0.05, 0) is 24.5 Å². The Morgan fingerprint density at radius 1 is 1.03 bits per heavy atom. The maximum atomic E-state index is 12.6. The topological polar surface area (TPSA) is 66.6 Å². The highest BCUT2D eigenvalue weighted by molar-refractivity contribution is 5.77. The number of carbonyl (C=O) groups is 1. The van der Waals surface area contributed by atoms with E-state index in [1.807, 2.05) is 77.7 Å². The fourth-order valence-corrected chi connectivity index (χ4v) is 3.66. The molecule has 2 heterocycles. The van der Waals surface area contributed by atoms with E-state index in [1.54, 1.807) is 0 Å². The summed E-state index contributed by atoms with van der Waals surface area (Å²) in [5, 5.41) is 9.65. The molecule has 1 aromatic heterocycles. The van der Waals surface area contributed by atoms with Crippen LogP contribution in [0, 0.1) is 0 Å². The number of hydrogen-bond donors (Lipinski definition) is 1. The van der Waals surface area contributed by atoms with Crippen molar-refractivity contribution >= 4 is 18.1 Å². The third-order valence-electron chi connectivity index (χ3n) is 5.36. The van der Waals surface area contributed by atoms with E-state index >= 15 is 0 Å². The highest BCUT2D eigenvalue weighted by Crippen LogP contribution is 2.26. The molecule has 4 rings (SSSR count). The summed E-state index contributed by atoms with van der Waals surface area (Å²) < 4.78 is 6.04. The van der Waals surface area contributed by atoms with Crippen LogP contribution in [0.25, 0.3) is 23.4 Å².